The molecule has 0 spiro atoms. The Morgan fingerprint density at radius 3 is 2.62 bits per heavy atom. The lowest BCUT2D eigenvalue weighted by molar-refractivity contribution is 0.556. The first-order valence-corrected chi connectivity index (χ1v) is 12.1. The fourth-order valence-corrected chi connectivity index (χ4v) is 5.06. The molecule has 0 radical (unpaired) electrons. The second-order valence-corrected chi connectivity index (χ2v) is 9.40. The zero-order valence-electron chi connectivity index (χ0n) is 19.0. The van der Waals surface area contributed by atoms with Gasteiger partial charge in [0.15, 0.2) is 5.16 Å². The maximum absolute atomic E-state index is 13.1. The van der Waals surface area contributed by atoms with Gasteiger partial charge in [-0.25, -0.2) is 9.78 Å². The van der Waals surface area contributed by atoms with Crippen molar-refractivity contribution in [2.45, 2.75) is 63.9 Å². The van der Waals surface area contributed by atoms with Crippen LogP contribution in [0.3, 0.4) is 0 Å². The molecule has 0 saturated carbocycles. The Labute approximate surface area is 191 Å². The van der Waals surface area contributed by atoms with Gasteiger partial charge in [0.1, 0.15) is 5.58 Å². The van der Waals surface area contributed by atoms with E-state index < -0.39 is 0 Å². The molecule has 2 aromatic carbocycles. The van der Waals surface area contributed by atoms with Crippen molar-refractivity contribution in [2.75, 3.05) is 0 Å². The number of rotatable bonds is 7. The standard InChI is InChI=1S/C26H28N2O3S/c1-5-6-11-28-25(30)19-9-7-8-10-22(19)27-26(28)32-15-18-13-24(29)31-23-12-17(4)20(16(2)3)14-21(18)23/h7-10,12-14,16H,5-6,11,15H2,1-4H3. The molecule has 0 bridgehead atoms. The fraction of sp³-hybridized carbons (Fsp3) is 0.346. The van der Waals surface area contributed by atoms with E-state index in [0.717, 1.165) is 29.4 Å². The first-order valence-electron chi connectivity index (χ1n) is 11.1. The summed E-state index contributed by atoms with van der Waals surface area (Å²) in [6.45, 7) is 9.10. The minimum absolute atomic E-state index is 0.0123. The van der Waals surface area contributed by atoms with Crippen molar-refractivity contribution in [2.24, 2.45) is 0 Å². The predicted octanol–water partition coefficient (Wildman–Crippen LogP) is 6.03. The zero-order valence-corrected chi connectivity index (χ0v) is 19.8. The van der Waals surface area contributed by atoms with Crippen molar-refractivity contribution in [3.8, 4) is 0 Å². The Morgan fingerprint density at radius 1 is 1.09 bits per heavy atom. The number of nitrogens with zero attached hydrogens (tertiary/aromatic N) is 2. The third kappa shape index (κ3) is 4.37. The van der Waals surface area contributed by atoms with Crippen LogP contribution in [0.5, 0.6) is 0 Å². The molecule has 5 nitrogen and oxygen atoms in total. The average Bonchev–Trinajstić information content (AvgIpc) is 2.76. The van der Waals surface area contributed by atoms with Gasteiger partial charge in [0.25, 0.3) is 5.56 Å². The number of fused-ring (bicyclic) bond motifs is 2. The summed E-state index contributed by atoms with van der Waals surface area (Å²) in [4.78, 5) is 30.2. The van der Waals surface area contributed by atoms with Crippen molar-refractivity contribution in [3.63, 3.8) is 0 Å². The smallest absolute Gasteiger partial charge is 0.336 e. The summed E-state index contributed by atoms with van der Waals surface area (Å²) < 4.78 is 7.26. The van der Waals surface area contributed by atoms with Gasteiger partial charge in [0, 0.05) is 23.8 Å². The molecule has 6 heteroatoms. The Bertz CT molecular complexity index is 1400. The maximum atomic E-state index is 13.1. The van der Waals surface area contributed by atoms with Crippen molar-refractivity contribution in [3.05, 3.63) is 79.9 Å². The summed E-state index contributed by atoms with van der Waals surface area (Å²) in [6.07, 6.45) is 1.90. The van der Waals surface area contributed by atoms with Crippen molar-refractivity contribution in [1.82, 2.24) is 9.55 Å². The van der Waals surface area contributed by atoms with Crippen LogP contribution in [0.4, 0.5) is 0 Å². The molecular formula is C26H28N2O3S. The van der Waals surface area contributed by atoms with E-state index in [1.807, 2.05) is 37.3 Å². The lowest BCUT2D eigenvalue weighted by Gasteiger charge is -2.14. The third-order valence-corrected chi connectivity index (χ3v) is 6.78. The van der Waals surface area contributed by atoms with Crippen LogP contribution < -0.4 is 11.2 Å². The molecule has 0 aliphatic carbocycles. The van der Waals surface area contributed by atoms with Crippen molar-refractivity contribution in [1.29, 1.82) is 0 Å². The Hall–Kier alpha value is -2.86. The first kappa shape index (κ1) is 22.3. The summed E-state index contributed by atoms with van der Waals surface area (Å²) in [7, 11) is 0. The second-order valence-electron chi connectivity index (χ2n) is 8.46. The molecule has 2 aromatic heterocycles. The largest absolute Gasteiger partial charge is 0.423 e. The SMILES string of the molecule is CCCCn1c(SCc2cc(=O)oc3cc(C)c(C(C)C)cc23)nc2ccccc2c1=O. The molecule has 0 unspecified atom stereocenters. The summed E-state index contributed by atoms with van der Waals surface area (Å²) in [6, 6.07) is 13.1. The van der Waals surface area contributed by atoms with E-state index in [1.165, 1.54) is 17.3 Å². The number of thioether (sulfide) groups is 1. The molecule has 0 atom stereocenters. The summed E-state index contributed by atoms with van der Waals surface area (Å²) in [5.74, 6) is 0.896. The van der Waals surface area contributed by atoms with Gasteiger partial charge in [-0.3, -0.25) is 9.36 Å². The highest BCUT2D eigenvalue weighted by molar-refractivity contribution is 7.98. The summed E-state index contributed by atoms with van der Waals surface area (Å²) >= 11 is 1.49. The van der Waals surface area contributed by atoms with E-state index in [4.69, 9.17) is 9.40 Å². The Morgan fingerprint density at radius 2 is 1.88 bits per heavy atom. The van der Waals surface area contributed by atoms with Gasteiger partial charge in [0.05, 0.1) is 10.9 Å². The third-order valence-electron chi connectivity index (χ3n) is 5.76. The van der Waals surface area contributed by atoms with Gasteiger partial charge in [0.2, 0.25) is 0 Å². The van der Waals surface area contributed by atoms with Crippen LogP contribution in [0.2, 0.25) is 0 Å². The van der Waals surface area contributed by atoms with E-state index in [9.17, 15) is 9.59 Å². The highest BCUT2D eigenvalue weighted by atomic mass is 32.2. The van der Waals surface area contributed by atoms with Gasteiger partial charge in [-0.15, -0.1) is 0 Å². The minimum Gasteiger partial charge on any atom is -0.423 e. The summed E-state index contributed by atoms with van der Waals surface area (Å²) in [5.41, 5.74) is 4.17. The lowest BCUT2D eigenvalue weighted by Crippen LogP contribution is -2.23. The first-order chi connectivity index (χ1) is 15.4. The zero-order chi connectivity index (χ0) is 22.8. The molecule has 166 valence electrons. The summed E-state index contributed by atoms with van der Waals surface area (Å²) in [5, 5.41) is 2.25. The normalized spacial score (nSPS) is 11.7. The molecule has 0 amide bonds. The van der Waals surface area contributed by atoms with E-state index in [-0.39, 0.29) is 11.2 Å². The number of unbranched alkanes of at least 4 members (excludes halogenated alkanes) is 1. The topological polar surface area (TPSA) is 65.1 Å². The van der Waals surface area contributed by atoms with Crippen LogP contribution in [0, 0.1) is 6.92 Å². The molecule has 0 fully saturated rings. The molecule has 2 heterocycles. The van der Waals surface area contributed by atoms with Gasteiger partial charge >= 0.3 is 5.63 Å². The highest BCUT2D eigenvalue weighted by Gasteiger charge is 2.15. The fourth-order valence-electron chi connectivity index (χ4n) is 4.05. The number of benzene rings is 2. The second kappa shape index (κ2) is 9.33. The van der Waals surface area contributed by atoms with Crippen LogP contribution >= 0.6 is 11.8 Å². The number of hydrogen-bond acceptors (Lipinski definition) is 5. The van der Waals surface area contributed by atoms with Gasteiger partial charge in [-0.1, -0.05) is 51.1 Å². The van der Waals surface area contributed by atoms with E-state index >= 15 is 0 Å². The van der Waals surface area contributed by atoms with Crippen LogP contribution in [-0.2, 0) is 12.3 Å². The maximum Gasteiger partial charge on any atom is 0.336 e. The van der Waals surface area contributed by atoms with Gasteiger partial charge in [-0.05, 0) is 60.2 Å². The van der Waals surface area contributed by atoms with Crippen molar-refractivity contribution >= 4 is 33.6 Å². The lowest BCUT2D eigenvalue weighted by atomic mass is 9.95. The quantitative estimate of drug-likeness (QED) is 0.196. The van der Waals surface area contributed by atoms with Crippen LogP contribution in [-0.4, -0.2) is 9.55 Å². The predicted molar refractivity (Wildman–Crippen MR) is 132 cm³/mol. The van der Waals surface area contributed by atoms with Crippen LogP contribution in [0.25, 0.3) is 21.9 Å². The van der Waals surface area contributed by atoms with Crippen LogP contribution in [0.1, 0.15) is 56.2 Å². The van der Waals surface area contributed by atoms with E-state index in [0.29, 0.717) is 39.9 Å². The average molecular weight is 449 g/mol. The number of para-hydroxylation sites is 1. The molecule has 32 heavy (non-hydrogen) atoms. The molecule has 4 rings (SSSR count). The minimum atomic E-state index is -0.361. The molecule has 4 aromatic rings. The Balaban J connectivity index is 1.78. The Kier molecular flexibility index (Phi) is 6.51. The molecule has 0 aliphatic heterocycles. The number of hydrogen-bond donors (Lipinski definition) is 0. The number of aromatic nitrogens is 2. The van der Waals surface area contributed by atoms with Gasteiger partial charge < -0.3 is 4.42 Å². The van der Waals surface area contributed by atoms with E-state index in [1.54, 1.807) is 10.6 Å². The van der Waals surface area contributed by atoms with Crippen molar-refractivity contribution < 1.29 is 4.42 Å². The van der Waals surface area contributed by atoms with E-state index in [2.05, 4.69) is 26.8 Å². The highest BCUT2D eigenvalue weighted by Crippen LogP contribution is 2.30. The molecule has 0 N–H and O–H groups in total. The number of aryl methyl sites for hydroxylation is 1. The monoisotopic (exact) mass is 448 g/mol. The van der Waals surface area contributed by atoms with Crippen LogP contribution in [0.15, 0.2) is 61.6 Å². The molecule has 0 saturated heterocycles. The van der Waals surface area contributed by atoms with Gasteiger partial charge in [-0.2, -0.15) is 0 Å². The molecular weight excluding hydrogens is 420 g/mol. The molecule has 0 aliphatic rings.